The van der Waals surface area contributed by atoms with Gasteiger partial charge in [-0.15, -0.1) is 0 Å². The third kappa shape index (κ3) is 3.83. The Balaban J connectivity index is 2.55. The van der Waals surface area contributed by atoms with Crippen LogP contribution in [0.15, 0.2) is 24.3 Å². The average Bonchev–Trinajstić information content (AvgIpc) is 2.26. The second kappa shape index (κ2) is 6.51. The van der Waals surface area contributed by atoms with E-state index in [0.717, 1.165) is 5.56 Å². The van der Waals surface area contributed by atoms with E-state index in [-0.39, 0.29) is 18.6 Å². The minimum atomic E-state index is -0.130. The number of hydrogen-bond donors (Lipinski definition) is 1. The van der Waals surface area contributed by atoms with Gasteiger partial charge in [0, 0.05) is 11.6 Å². The Morgan fingerprint density at radius 1 is 1.50 bits per heavy atom. The standard InChI is InChI=1S/C12H16ClNO2/c1-3-16-8-12(15)14-9(2)10-6-4-5-7-11(10)13/h4-7,9H,3,8H2,1-2H3,(H,14,15)/t9-/m1/s1. The lowest BCUT2D eigenvalue weighted by molar-refractivity contribution is -0.126. The number of amides is 1. The van der Waals surface area contributed by atoms with Crippen LogP contribution in [0.2, 0.25) is 5.02 Å². The zero-order valence-corrected chi connectivity index (χ0v) is 10.3. The molecule has 0 saturated carbocycles. The van der Waals surface area contributed by atoms with E-state index in [9.17, 15) is 4.79 Å². The van der Waals surface area contributed by atoms with Crippen LogP contribution in [0.4, 0.5) is 0 Å². The van der Waals surface area contributed by atoms with Crippen molar-refractivity contribution in [3.05, 3.63) is 34.9 Å². The molecule has 1 atom stereocenters. The molecule has 0 aliphatic carbocycles. The van der Waals surface area contributed by atoms with Gasteiger partial charge in [-0.2, -0.15) is 0 Å². The van der Waals surface area contributed by atoms with E-state index in [0.29, 0.717) is 11.6 Å². The fourth-order valence-corrected chi connectivity index (χ4v) is 1.68. The topological polar surface area (TPSA) is 38.3 Å². The first kappa shape index (κ1) is 13.0. The predicted molar refractivity (Wildman–Crippen MR) is 64.5 cm³/mol. The molecular weight excluding hydrogens is 226 g/mol. The number of carbonyl (C=O) groups excluding carboxylic acids is 1. The van der Waals surface area contributed by atoms with Crippen molar-refractivity contribution in [1.82, 2.24) is 5.32 Å². The van der Waals surface area contributed by atoms with Crippen LogP contribution in [0, 0.1) is 0 Å². The molecule has 0 aliphatic rings. The van der Waals surface area contributed by atoms with E-state index in [2.05, 4.69) is 5.32 Å². The van der Waals surface area contributed by atoms with Crippen LogP contribution in [0.3, 0.4) is 0 Å². The van der Waals surface area contributed by atoms with Gasteiger partial charge in [-0.3, -0.25) is 4.79 Å². The van der Waals surface area contributed by atoms with Crippen molar-refractivity contribution < 1.29 is 9.53 Å². The van der Waals surface area contributed by atoms with Crippen molar-refractivity contribution in [2.24, 2.45) is 0 Å². The molecule has 1 aromatic rings. The molecule has 0 unspecified atom stereocenters. The molecule has 0 bridgehead atoms. The summed E-state index contributed by atoms with van der Waals surface area (Å²) < 4.78 is 5.02. The number of carbonyl (C=O) groups is 1. The molecule has 16 heavy (non-hydrogen) atoms. The average molecular weight is 242 g/mol. The monoisotopic (exact) mass is 241 g/mol. The van der Waals surface area contributed by atoms with Crippen molar-refractivity contribution >= 4 is 17.5 Å². The molecule has 0 radical (unpaired) electrons. The summed E-state index contributed by atoms with van der Waals surface area (Å²) in [6.07, 6.45) is 0. The summed E-state index contributed by atoms with van der Waals surface area (Å²) in [6.45, 7) is 4.37. The zero-order chi connectivity index (χ0) is 12.0. The van der Waals surface area contributed by atoms with Crippen molar-refractivity contribution in [1.29, 1.82) is 0 Å². The van der Waals surface area contributed by atoms with Crippen LogP contribution >= 0.6 is 11.6 Å². The quantitative estimate of drug-likeness (QED) is 0.861. The molecule has 1 rings (SSSR count). The Morgan fingerprint density at radius 2 is 2.19 bits per heavy atom. The maximum atomic E-state index is 11.4. The van der Waals surface area contributed by atoms with E-state index in [1.165, 1.54) is 0 Å². The molecule has 1 N–H and O–H groups in total. The van der Waals surface area contributed by atoms with Gasteiger partial charge >= 0.3 is 0 Å². The maximum absolute atomic E-state index is 11.4. The number of nitrogens with one attached hydrogen (secondary N) is 1. The molecule has 0 aliphatic heterocycles. The Bertz CT molecular complexity index is 355. The van der Waals surface area contributed by atoms with E-state index < -0.39 is 0 Å². The van der Waals surface area contributed by atoms with Crippen molar-refractivity contribution in [2.45, 2.75) is 19.9 Å². The first-order chi connectivity index (χ1) is 7.65. The van der Waals surface area contributed by atoms with Gasteiger partial charge in [0.15, 0.2) is 0 Å². The fraction of sp³-hybridized carbons (Fsp3) is 0.417. The van der Waals surface area contributed by atoms with Crippen LogP contribution < -0.4 is 5.32 Å². The number of hydrogen-bond acceptors (Lipinski definition) is 2. The minimum Gasteiger partial charge on any atom is -0.372 e. The van der Waals surface area contributed by atoms with E-state index in [1.54, 1.807) is 0 Å². The highest BCUT2D eigenvalue weighted by Gasteiger charge is 2.11. The lowest BCUT2D eigenvalue weighted by atomic mass is 10.1. The third-order valence-electron chi connectivity index (χ3n) is 2.19. The van der Waals surface area contributed by atoms with Crippen molar-refractivity contribution in [2.75, 3.05) is 13.2 Å². The SMILES string of the molecule is CCOCC(=O)N[C@H](C)c1ccccc1Cl. The second-order valence-electron chi connectivity index (χ2n) is 3.45. The number of benzene rings is 1. The van der Waals surface area contributed by atoms with Gasteiger partial charge in [-0.1, -0.05) is 29.8 Å². The predicted octanol–water partition coefficient (Wildman–Crippen LogP) is 2.55. The summed E-state index contributed by atoms with van der Waals surface area (Å²) in [6, 6.07) is 7.35. The van der Waals surface area contributed by atoms with Crippen LogP contribution in [-0.2, 0) is 9.53 Å². The first-order valence-corrected chi connectivity index (χ1v) is 5.64. The molecule has 1 amide bonds. The van der Waals surface area contributed by atoms with E-state index >= 15 is 0 Å². The summed E-state index contributed by atoms with van der Waals surface area (Å²) in [5.74, 6) is -0.130. The van der Waals surface area contributed by atoms with Crippen LogP contribution in [0.5, 0.6) is 0 Å². The fourth-order valence-electron chi connectivity index (χ4n) is 1.38. The van der Waals surface area contributed by atoms with Crippen molar-refractivity contribution in [3.63, 3.8) is 0 Å². The van der Waals surface area contributed by atoms with Gasteiger partial charge in [0.25, 0.3) is 0 Å². The lowest BCUT2D eigenvalue weighted by Gasteiger charge is -2.15. The highest BCUT2D eigenvalue weighted by molar-refractivity contribution is 6.31. The Hall–Kier alpha value is -1.06. The summed E-state index contributed by atoms with van der Waals surface area (Å²) in [5.41, 5.74) is 0.911. The van der Waals surface area contributed by atoms with Gasteiger partial charge in [-0.05, 0) is 25.5 Å². The third-order valence-corrected chi connectivity index (χ3v) is 2.53. The normalized spacial score (nSPS) is 12.2. The molecule has 4 heteroatoms. The Morgan fingerprint density at radius 3 is 2.81 bits per heavy atom. The van der Waals surface area contributed by atoms with Gasteiger partial charge in [0.05, 0.1) is 6.04 Å². The lowest BCUT2D eigenvalue weighted by Crippen LogP contribution is -2.30. The smallest absolute Gasteiger partial charge is 0.246 e. The number of rotatable bonds is 5. The molecule has 0 spiro atoms. The van der Waals surface area contributed by atoms with Gasteiger partial charge in [0.2, 0.25) is 5.91 Å². The zero-order valence-electron chi connectivity index (χ0n) is 9.50. The molecule has 88 valence electrons. The van der Waals surface area contributed by atoms with E-state index in [1.807, 2.05) is 38.1 Å². The van der Waals surface area contributed by atoms with E-state index in [4.69, 9.17) is 16.3 Å². The number of halogens is 1. The maximum Gasteiger partial charge on any atom is 0.246 e. The highest BCUT2D eigenvalue weighted by Crippen LogP contribution is 2.21. The minimum absolute atomic E-state index is 0.0886. The summed E-state index contributed by atoms with van der Waals surface area (Å²) in [7, 11) is 0. The highest BCUT2D eigenvalue weighted by atomic mass is 35.5. The summed E-state index contributed by atoms with van der Waals surface area (Å²) in [4.78, 5) is 11.4. The second-order valence-corrected chi connectivity index (χ2v) is 3.86. The van der Waals surface area contributed by atoms with Gasteiger partial charge in [-0.25, -0.2) is 0 Å². The molecule has 1 aromatic carbocycles. The summed E-state index contributed by atoms with van der Waals surface area (Å²) in [5, 5.41) is 3.48. The van der Waals surface area contributed by atoms with Crippen LogP contribution in [0.1, 0.15) is 25.5 Å². The van der Waals surface area contributed by atoms with Crippen LogP contribution in [-0.4, -0.2) is 19.1 Å². The molecule has 0 fully saturated rings. The Labute approximate surface area is 101 Å². The molecular formula is C12H16ClNO2. The van der Waals surface area contributed by atoms with Gasteiger partial charge in [0.1, 0.15) is 6.61 Å². The molecule has 0 aromatic heterocycles. The summed E-state index contributed by atoms with van der Waals surface area (Å²) >= 11 is 6.02. The van der Waals surface area contributed by atoms with Gasteiger partial charge < -0.3 is 10.1 Å². The van der Waals surface area contributed by atoms with Crippen molar-refractivity contribution in [3.8, 4) is 0 Å². The Kier molecular flexibility index (Phi) is 5.29. The number of ether oxygens (including phenoxy) is 1. The molecule has 3 nitrogen and oxygen atoms in total. The largest absolute Gasteiger partial charge is 0.372 e. The molecule has 0 heterocycles. The first-order valence-electron chi connectivity index (χ1n) is 5.26. The van der Waals surface area contributed by atoms with Crippen LogP contribution in [0.25, 0.3) is 0 Å². The molecule has 0 saturated heterocycles.